The zero-order valence-corrected chi connectivity index (χ0v) is 45.5. The number of aryl methyl sites for hydroxylation is 2. The van der Waals surface area contributed by atoms with E-state index in [0.29, 0.717) is 48.1 Å². The number of carbonyl (C=O) groups excluding carboxylic acids is 5. The summed E-state index contributed by atoms with van der Waals surface area (Å²) in [6.07, 6.45) is 4.94. The smallest absolute Gasteiger partial charge is 0.270 e. The zero-order valence-electron chi connectivity index (χ0n) is 43.9. The number of thiophene rings is 1. The van der Waals surface area contributed by atoms with E-state index in [1.807, 2.05) is 35.8 Å². The first-order chi connectivity index (χ1) is 36.7. The topological polar surface area (TPSA) is 216 Å². The average molecular weight is 1090 g/mol. The predicted octanol–water partition coefficient (Wildman–Crippen LogP) is 5.22. The summed E-state index contributed by atoms with van der Waals surface area (Å²) in [6.45, 7) is 11.0. The summed E-state index contributed by atoms with van der Waals surface area (Å²) < 4.78 is 35.0. The van der Waals surface area contributed by atoms with Crippen LogP contribution in [0.15, 0.2) is 53.5 Å². The molecule has 0 unspecified atom stereocenters. The molecule has 1 saturated heterocycles. The summed E-state index contributed by atoms with van der Waals surface area (Å²) in [5.74, 6) is -0.333. The minimum absolute atomic E-state index is 0.0505. The van der Waals surface area contributed by atoms with Crippen LogP contribution in [-0.4, -0.2) is 162 Å². The highest BCUT2D eigenvalue weighted by Gasteiger charge is 2.37. The van der Waals surface area contributed by atoms with Gasteiger partial charge in [0.2, 0.25) is 23.6 Å². The first-order valence-electron chi connectivity index (χ1n) is 26.2. The number of hydrogen-bond donors (Lipinski definition) is 4. The summed E-state index contributed by atoms with van der Waals surface area (Å²) in [6, 6.07) is 11.7. The van der Waals surface area contributed by atoms with Crippen LogP contribution in [0.3, 0.4) is 0 Å². The second kappa shape index (κ2) is 26.3. The number of aromatic nitrogens is 4. The first-order valence-corrected chi connectivity index (χ1v) is 27.4. The molecule has 0 bridgehead atoms. The summed E-state index contributed by atoms with van der Waals surface area (Å²) in [4.78, 5) is 77.2. The normalized spacial score (nSPS) is 16.6. The third-order valence-corrected chi connectivity index (χ3v) is 15.8. The molecule has 1 aliphatic carbocycles. The molecule has 5 aromatic rings. The number of ether oxygens (including phenoxy) is 3. The molecule has 408 valence electrons. The van der Waals surface area contributed by atoms with E-state index in [9.17, 15) is 28.4 Å². The third kappa shape index (κ3) is 13.5. The Labute approximate surface area is 451 Å². The highest BCUT2D eigenvalue weighted by atomic mass is 35.5. The predicted molar refractivity (Wildman–Crippen MR) is 288 cm³/mol. The third-order valence-electron chi connectivity index (χ3n) is 14.4. The van der Waals surface area contributed by atoms with E-state index in [4.69, 9.17) is 30.8 Å². The number of carbonyl (C=O) groups is 5. The van der Waals surface area contributed by atoms with Crippen LogP contribution in [0, 0.1) is 32.5 Å². The maximum absolute atomic E-state index is 14.4. The van der Waals surface area contributed by atoms with E-state index in [2.05, 4.69) is 45.3 Å². The standard InChI is InChI=1S/C54H69ClFN11O8S/c1-33-35(3)76-54-47(33)48(38-11-13-40(55)14-12-38)60-42(50-63-62-36(4)67(50)54)31-45(68)58-17-23-73-25-27-75-28-26-74-24-18-59-46(69)32-66-43-16-15-41(56)29-39(43)30-44(66)52(71)64-19-21-65(22-20-64)53(72)49(37-9-7-6-8-10-37)61-51(70)34(2)57-5/h11-16,29-30,34,37,42,49,57H,6-10,17-28,31-32H2,1-5H3,(H,58,68)(H,59,69)(H,61,70)/t34-,42-,49-/m0/s1. The fourth-order valence-corrected chi connectivity index (χ4v) is 11.3. The number of hydrogen-bond acceptors (Lipinski definition) is 13. The van der Waals surface area contributed by atoms with Gasteiger partial charge in [0, 0.05) is 71.2 Å². The highest BCUT2D eigenvalue weighted by Crippen LogP contribution is 2.40. The SMILES string of the molecule is CN[C@@H](C)C(=O)N[C@H](C(=O)N1CCN(C(=O)c2cc3cc(F)ccc3n2CC(=O)NCCOCCOCCOCCNC(=O)C[C@@H]2N=C(c3ccc(Cl)cc3)c3c(sc(C)c3C)-n3c(C)nnc32)CC1)C1CCCCC1. The Kier molecular flexibility index (Phi) is 19.4. The number of rotatable bonds is 23. The van der Waals surface area contributed by atoms with Crippen LogP contribution in [0.25, 0.3) is 15.9 Å². The largest absolute Gasteiger partial charge is 0.377 e. The number of fused-ring (bicyclic) bond motifs is 4. The van der Waals surface area contributed by atoms with Crippen LogP contribution in [0.2, 0.25) is 5.02 Å². The van der Waals surface area contributed by atoms with Gasteiger partial charge in [0.1, 0.15) is 41.0 Å². The lowest BCUT2D eigenvalue weighted by Gasteiger charge is -2.39. The van der Waals surface area contributed by atoms with Crippen molar-refractivity contribution in [1.82, 2.24) is 50.4 Å². The van der Waals surface area contributed by atoms with Gasteiger partial charge < -0.3 is 49.8 Å². The summed E-state index contributed by atoms with van der Waals surface area (Å²) in [7, 11) is 1.70. The molecule has 22 heteroatoms. The second-order valence-electron chi connectivity index (χ2n) is 19.5. The van der Waals surface area contributed by atoms with Gasteiger partial charge in [-0.2, -0.15) is 0 Å². The van der Waals surface area contributed by atoms with E-state index >= 15 is 0 Å². The van der Waals surface area contributed by atoms with E-state index < -0.39 is 23.9 Å². The molecule has 3 atom stereocenters. The van der Waals surface area contributed by atoms with Gasteiger partial charge in [-0.15, -0.1) is 21.5 Å². The minimum Gasteiger partial charge on any atom is -0.377 e. The quantitative estimate of drug-likeness (QED) is 0.0622. The number of amides is 5. The average Bonchev–Trinajstić information content (AvgIpc) is 4.06. The monoisotopic (exact) mass is 1090 g/mol. The van der Waals surface area contributed by atoms with Gasteiger partial charge in [-0.05, 0) is 95.5 Å². The molecule has 5 amide bonds. The molecule has 3 aliphatic rings. The van der Waals surface area contributed by atoms with Crippen molar-refractivity contribution in [3.05, 3.63) is 98.3 Å². The number of piperazine rings is 1. The van der Waals surface area contributed by atoms with E-state index in [1.54, 1.807) is 51.8 Å². The fourth-order valence-electron chi connectivity index (χ4n) is 9.98. The molecule has 1 saturated carbocycles. The lowest BCUT2D eigenvalue weighted by Crippen LogP contribution is -2.59. The zero-order chi connectivity index (χ0) is 53.9. The van der Waals surface area contributed by atoms with Gasteiger partial charge in [0.15, 0.2) is 5.82 Å². The molecule has 3 aromatic heterocycles. The molecule has 4 N–H and O–H groups in total. The van der Waals surface area contributed by atoms with Gasteiger partial charge in [-0.3, -0.25) is 33.5 Å². The van der Waals surface area contributed by atoms with Crippen molar-refractivity contribution in [3.8, 4) is 5.00 Å². The van der Waals surface area contributed by atoms with Crippen molar-refractivity contribution in [2.45, 2.75) is 90.9 Å². The van der Waals surface area contributed by atoms with Crippen molar-refractivity contribution in [1.29, 1.82) is 0 Å². The van der Waals surface area contributed by atoms with Crippen LogP contribution in [-0.2, 0) is 39.9 Å². The number of likely N-dealkylation sites (N-methyl/N-ethyl adjacent to an activating group) is 1. The summed E-state index contributed by atoms with van der Waals surface area (Å²) in [5, 5.41) is 22.7. The number of nitrogens with one attached hydrogen (secondary N) is 4. The lowest BCUT2D eigenvalue weighted by atomic mass is 9.83. The Balaban J connectivity index is 0.728. The van der Waals surface area contributed by atoms with E-state index in [-0.39, 0.29) is 107 Å². The molecule has 8 rings (SSSR count). The van der Waals surface area contributed by atoms with Crippen LogP contribution >= 0.6 is 22.9 Å². The minimum atomic E-state index is -0.633. The van der Waals surface area contributed by atoms with Gasteiger partial charge in [0.25, 0.3) is 5.91 Å². The Bertz CT molecular complexity index is 2890. The van der Waals surface area contributed by atoms with Crippen molar-refractivity contribution < 1.29 is 42.6 Å². The molecular formula is C54H69ClFN11O8S. The number of nitrogens with zero attached hydrogens (tertiary/aromatic N) is 7. The molecule has 0 spiro atoms. The highest BCUT2D eigenvalue weighted by molar-refractivity contribution is 7.15. The van der Waals surface area contributed by atoms with Crippen molar-refractivity contribution in [2.75, 3.05) is 86.0 Å². The second-order valence-corrected chi connectivity index (χ2v) is 21.1. The molecule has 19 nitrogen and oxygen atoms in total. The first kappa shape index (κ1) is 56.1. The van der Waals surface area contributed by atoms with Crippen LogP contribution < -0.4 is 21.3 Å². The molecule has 2 fully saturated rings. The molecule has 76 heavy (non-hydrogen) atoms. The van der Waals surface area contributed by atoms with Crippen molar-refractivity contribution in [3.63, 3.8) is 0 Å². The summed E-state index contributed by atoms with van der Waals surface area (Å²) >= 11 is 7.89. The number of halogens is 2. The Hall–Kier alpha value is -6.10. The Morgan fingerprint density at radius 1 is 0.816 bits per heavy atom. The fraction of sp³-hybridized carbons (Fsp3) is 0.519. The van der Waals surface area contributed by atoms with Crippen molar-refractivity contribution >= 4 is 69.1 Å². The van der Waals surface area contributed by atoms with Gasteiger partial charge >= 0.3 is 0 Å². The van der Waals surface area contributed by atoms with E-state index in [0.717, 1.165) is 70.2 Å². The van der Waals surface area contributed by atoms with Crippen LogP contribution in [0.5, 0.6) is 0 Å². The van der Waals surface area contributed by atoms with Crippen LogP contribution in [0.4, 0.5) is 4.39 Å². The Morgan fingerprint density at radius 2 is 1.46 bits per heavy atom. The van der Waals surface area contributed by atoms with Gasteiger partial charge in [-0.1, -0.05) is 43.0 Å². The van der Waals surface area contributed by atoms with E-state index in [1.165, 1.54) is 12.1 Å². The molecular weight excluding hydrogens is 1020 g/mol. The van der Waals surface area contributed by atoms with Crippen LogP contribution in [0.1, 0.15) is 95.2 Å². The maximum Gasteiger partial charge on any atom is 0.270 e. The molecule has 2 aliphatic heterocycles. The lowest BCUT2D eigenvalue weighted by molar-refractivity contribution is -0.140. The van der Waals surface area contributed by atoms with Crippen molar-refractivity contribution in [2.24, 2.45) is 10.9 Å². The molecule has 2 aromatic carbocycles. The maximum atomic E-state index is 14.4. The Morgan fingerprint density at radius 3 is 2.13 bits per heavy atom. The summed E-state index contributed by atoms with van der Waals surface area (Å²) in [5.41, 5.74) is 4.56. The number of benzene rings is 2. The van der Waals surface area contributed by atoms with Gasteiger partial charge in [0.05, 0.1) is 57.8 Å². The molecule has 5 heterocycles. The van der Waals surface area contributed by atoms with Gasteiger partial charge in [-0.25, -0.2) is 4.39 Å². The number of aliphatic imine (C=N–C) groups is 1. The molecule has 0 radical (unpaired) electrons.